The van der Waals surface area contributed by atoms with Crippen LogP contribution in [0.4, 0.5) is 0 Å². The van der Waals surface area contributed by atoms with Crippen LogP contribution in [0.25, 0.3) is 0 Å². The Labute approximate surface area is 147 Å². The zero-order valence-electron chi connectivity index (χ0n) is 12.2. The van der Waals surface area contributed by atoms with Crippen molar-refractivity contribution in [3.05, 3.63) is 28.2 Å². The zero-order valence-corrected chi connectivity index (χ0v) is 14.6. The molecule has 1 aromatic rings. The first kappa shape index (κ1) is 19.4. The molecule has 1 unspecified atom stereocenters. The molecule has 0 spiro atoms. The molecule has 124 valence electrons. The van der Waals surface area contributed by atoms with Gasteiger partial charge in [-0.3, -0.25) is 4.79 Å². The fourth-order valence-electron chi connectivity index (χ4n) is 2.35. The summed E-state index contributed by atoms with van der Waals surface area (Å²) in [5, 5.41) is 7.13. The Morgan fingerprint density at radius 1 is 1.36 bits per heavy atom. The smallest absolute Gasteiger partial charge is 0.257 e. The van der Waals surface area contributed by atoms with Crippen molar-refractivity contribution in [1.29, 1.82) is 0 Å². The number of benzene rings is 1. The summed E-state index contributed by atoms with van der Waals surface area (Å²) in [6, 6.07) is 4.94. The summed E-state index contributed by atoms with van der Waals surface area (Å²) in [5.41, 5.74) is 0. The number of hydrogen-bond acceptors (Lipinski definition) is 3. The van der Waals surface area contributed by atoms with Gasteiger partial charge in [0, 0.05) is 12.6 Å². The Morgan fingerprint density at radius 2 is 2.18 bits per heavy atom. The van der Waals surface area contributed by atoms with E-state index in [0.29, 0.717) is 28.3 Å². The van der Waals surface area contributed by atoms with Crippen molar-refractivity contribution in [2.45, 2.75) is 19.3 Å². The number of carbonyl (C=O) groups excluding carboxylic acids is 1. The van der Waals surface area contributed by atoms with Gasteiger partial charge in [0.2, 0.25) is 0 Å². The molecule has 1 fully saturated rings. The first-order valence-corrected chi connectivity index (χ1v) is 7.96. The average molecular weight is 368 g/mol. The van der Waals surface area contributed by atoms with Crippen LogP contribution in [0.2, 0.25) is 10.0 Å². The van der Waals surface area contributed by atoms with Crippen LogP contribution in [-0.2, 0) is 4.79 Å². The van der Waals surface area contributed by atoms with Crippen molar-refractivity contribution in [1.82, 2.24) is 10.6 Å². The maximum atomic E-state index is 11.7. The van der Waals surface area contributed by atoms with Gasteiger partial charge < -0.3 is 15.4 Å². The summed E-state index contributed by atoms with van der Waals surface area (Å²) in [5.74, 6) is 1.08. The van der Waals surface area contributed by atoms with Crippen molar-refractivity contribution >= 4 is 41.5 Å². The summed E-state index contributed by atoms with van der Waals surface area (Å²) < 4.78 is 5.38. The lowest BCUT2D eigenvalue weighted by molar-refractivity contribution is -0.123. The zero-order chi connectivity index (χ0) is 15.1. The van der Waals surface area contributed by atoms with Crippen LogP contribution in [0.3, 0.4) is 0 Å². The molecule has 1 saturated heterocycles. The largest absolute Gasteiger partial charge is 0.484 e. The third-order valence-corrected chi connectivity index (χ3v) is 4.27. The number of ether oxygens (including phenoxy) is 1. The number of halogens is 3. The summed E-state index contributed by atoms with van der Waals surface area (Å²) >= 11 is 11.7. The van der Waals surface area contributed by atoms with Crippen LogP contribution in [0.5, 0.6) is 5.75 Å². The molecule has 0 radical (unpaired) electrons. The van der Waals surface area contributed by atoms with Crippen LogP contribution in [-0.4, -0.2) is 32.1 Å². The molecule has 1 heterocycles. The van der Waals surface area contributed by atoms with E-state index in [1.165, 1.54) is 12.8 Å². The lowest BCUT2D eigenvalue weighted by Gasteiger charge is -2.22. The Hall–Kier alpha value is -0.680. The Bertz CT molecular complexity index is 480. The number of amides is 1. The predicted octanol–water partition coefficient (Wildman–Crippen LogP) is 3.30. The first-order valence-electron chi connectivity index (χ1n) is 7.20. The highest BCUT2D eigenvalue weighted by molar-refractivity contribution is 6.42. The van der Waals surface area contributed by atoms with E-state index in [-0.39, 0.29) is 24.9 Å². The van der Waals surface area contributed by atoms with Crippen LogP contribution >= 0.6 is 35.6 Å². The Morgan fingerprint density at radius 3 is 2.86 bits per heavy atom. The molecule has 0 aromatic heterocycles. The molecule has 0 saturated carbocycles. The van der Waals surface area contributed by atoms with Gasteiger partial charge in [-0.2, -0.15) is 0 Å². The summed E-state index contributed by atoms with van der Waals surface area (Å²) in [6.45, 7) is 2.84. The third kappa shape index (κ3) is 6.61. The van der Waals surface area contributed by atoms with E-state index in [0.717, 1.165) is 19.5 Å². The maximum Gasteiger partial charge on any atom is 0.257 e. The normalized spacial score (nSPS) is 17.5. The summed E-state index contributed by atoms with van der Waals surface area (Å²) in [4.78, 5) is 11.7. The molecule has 1 amide bonds. The van der Waals surface area contributed by atoms with E-state index in [1.54, 1.807) is 18.2 Å². The highest BCUT2D eigenvalue weighted by atomic mass is 35.5. The van der Waals surface area contributed by atoms with Gasteiger partial charge in [-0.1, -0.05) is 23.2 Å². The van der Waals surface area contributed by atoms with E-state index in [1.807, 2.05) is 0 Å². The fourth-order valence-corrected chi connectivity index (χ4v) is 2.64. The van der Waals surface area contributed by atoms with Crippen molar-refractivity contribution in [2.75, 3.05) is 26.2 Å². The van der Waals surface area contributed by atoms with Gasteiger partial charge >= 0.3 is 0 Å². The molecule has 0 aliphatic carbocycles. The lowest BCUT2D eigenvalue weighted by atomic mass is 9.96. The number of rotatable bonds is 6. The van der Waals surface area contributed by atoms with Gasteiger partial charge in [-0.25, -0.2) is 0 Å². The van der Waals surface area contributed by atoms with E-state index in [2.05, 4.69) is 10.6 Å². The molecule has 0 bridgehead atoms. The highest BCUT2D eigenvalue weighted by Crippen LogP contribution is 2.26. The van der Waals surface area contributed by atoms with Gasteiger partial charge in [0.15, 0.2) is 6.61 Å². The SMILES string of the molecule is Cl.O=C(COc1ccc(Cl)c(Cl)c1)NCCC1CCCNC1. The average Bonchev–Trinajstić information content (AvgIpc) is 2.49. The van der Waals surface area contributed by atoms with Crippen molar-refractivity contribution < 1.29 is 9.53 Å². The lowest BCUT2D eigenvalue weighted by Crippen LogP contribution is -2.34. The molecule has 4 nitrogen and oxygen atoms in total. The second-order valence-electron chi connectivity index (χ2n) is 5.22. The van der Waals surface area contributed by atoms with Gasteiger partial charge in [0.1, 0.15) is 5.75 Å². The fraction of sp³-hybridized carbons (Fsp3) is 0.533. The van der Waals surface area contributed by atoms with Crippen LogP contribution in [0.15, 0.2) is 18.2 Å². The second-order valence-corrected chi connectivity index (χ2v) is 6.03. The predicted molar refractivity (Wildman–Crippen MR) is 92.4 cm³/mol. The molecule has 22 heavy (non-hydrogen) atoms. The first-order chi connectivity index (χ1) is 10.1. The van der Waals surface area contributed by atoms with Crippen molar-refractivity contribution in [2.24, 2.45) is 5.92 Å². The van der Waals surface area contributed by atoms with Crippen LogP contribution in [0, 0.1) is 5.92 Å². The van der Waals surface area contributed by atoms with Gasteiger partial charge in [-0.15, -0.1) is 12.4 Å². The van der Waals surface area contributed by atoms with Crippen LogP contribution < -0.4 is 15.4 Å². The quantitative estimate of drug-likeness (QED) is 0.811. The maximum absolute atomic E-state index is 11.7. The minimum atomic E-state index is -0.121. The monoisotopic (exact) mass is 366 g/mol. The topological polar surface area (TPSA) is 50.4 Å². The van der Waals surface area contributed by atoms with E-state index < -0.39 is 0 Å². The molecule has 2 rings (SSSR count). The second kappa shape index (κ2) is 10.2. The minimum Gasteiger partial charge on any atom is -0.484 e. The summed E-state index contributed by atoms with van der Waals surface area (Å²) in [6.07, 6.45) is 3.47. The number of nitrogens with one attached hydrogen (secondary N) is 2. The Kier molecular flexibility index (Phi) is 8.95. The molecular weight excluding hydrogens is 347 g/mol. The van der Waals surface area contributed by atoms with Crippen molar-refractivity contribution in [3.63, 3.8) is 0 Å². The van der Waals surface area contributed by atoms with Gasteiger partial charge in [-0.05, 0) is 50.4 Å². The van der Waals surface area contributed by atoms with Crippen molar-refractivity contribution in [3.8, 4) is 5.75 Å². The molecule has 2 N–H and O–H groups in total. The minimum absolute atomic E-state index is 0. The Balaban J connectivity index is 0.00000242. The van der Waals surface area contributed by atoms with E-state index >= 15 is 0 Å². The van der Waals surface area contributed by atoms with E-state index in [4.69, 9.17) is 27.9 Å². The van der Waals surface area contributed by atoms with Gasteiger partial charge in [0.25, 0.3) is 5.91 Å². The molecule has 1 aromatic carbocycles. The van der Waals surface area contributed by atoms with E-state index in [9.17, 15) is 4.79 Å². The molecular formula is C15H21Cl3N2O2. The number of hydrogen-bond donors (Lipinski definition) is 2. The molecule has 1 atom stereocenters. The summed E-state index contributed by atoms with van der Waals surface area (Å²) in [7, 11) is 0. The highest BCUT2D eigenvalue weighted by Gasteiger charge is 2.13. The van der Waals surface area contributed by atoms with Crippen LogP contribution in [0.1, 0.15) is 19.3 Å². The molecule has 7 heteroatoms. The molecule has 1 aliphatic rings. The van der Waals surface area contributed by atoms with Gasteiger partial charge in [0.05, 0.1) is 10.0 Å². The standard InChI is InChI=1S/C15H20Cl2N2O2.ClH/c16-13-4-3-12(8-14(13)17)21-10-15(20)19-7-5-11-2-1-6-18-9-11;/h3-4,8,11,18H,1-2,5-7,9-10H2,(H,19,20);1H. The number of piperidine rings is 1. The molecule has 1 aliphatic heterocycles. The number of carbonyl (C=O) groups is 1. The third-order valence-electron chi connectivity index (χ3n) is 3.53.